The lowest BCUT2D eigenvalue weighted by Gasteiger charge is -2.28. The first-order valence-electron chi connectivity index (χ1n) is 6.70. The SMILES string of the molecule is Cc1cc(=O)n2nc(CN3CCC(C=O)CC3)sc2n1. The van der Waals surface area contributed by atoms with Gasteiger partial charge in [0.05, 0.1) is 6.54 Å². The van der Waals surface area contributed by atoms with Crippen molar-refractivity contribution in [2.45, 2.75) is 26.3 Å². The second kappa shape index (κ2) is 5.41. The lowest BCUT2D eigenvalue weighted by Crippen LogP contribution is -2.33. The van der Waals surface area contributed by atoms with E-state index in [1.54, 1.807) is 0 Å². The summed E-state index contributed by atoms with van der Waals surface area (Å²) in [6, 6.07) is 1.49. The average Bonchev–Trinajstić information content (AvgIpc) is 2.82. The predicted octanol–water partition coefficient (Wildman–Crippen LogP) is 0.870. The first-order chi connectivity index (χ1) is 9.65. The molecule has 0 aromatic carbocycles. The minimum absolute atomic E-state index is 0.130. The van der Waals surface area contributed by atoms with Crippen LogP contribution in [0.3, 0.4) is 0 Å². The molecule has 1 aliphatic heterocycles. The van der Waals surface area contributed by atoms with Gasteiger partial charge in [0.1, 0.15) is 11.3 Å². The fraction of sp³-hybridized carbons (Fsp3) is 0.538. The van der Waals surface area contributed by atoms with Crippen LogP contribution in [0.25, 0.3) is 4.96 Å². The van der Waals surface area contributed by atoms with Crippen molar-refractivity contribution in [2.75, 3.05) is 13.1 Å². The zero-order valence-corrected chi connectivity index (χ0v) is 12.1. The molecule has 106 valence electrons. The third kappa shape index (κ3) is 2.64. The maximum absolute atomic E-state index is 11.8. The Morgan fingerprint density at radius 1 is 1.45 bits per heavy atom. The van der Waals surface area contributed by atoms with E-state index in [9.17, 15) is 9.59 Å². The van der Waals surface area contributed by atoms with Crippen molar-refractivity contribution in [3.05, 3.63) is 27.1 Å². The first-order valence-corrected chi connectivity index (χ1v) is 7.51. The summed E-state index contributed by atoms with van der Waals surface area (Å²) in [6.45, 7) is 4.34. The van der Waals surface area contributed by atoms with Crippen LogP contribution in [0.2, 0.25) is 0 Å². The van der Waals surface area contributed by atoms with Gasteiger partial charge >= 0.3 is 0 Å². The number of hydrogen-bond donors (Lipinski definition) is 0. The predicted molar refractivity (Wildman–Crippen MR) is 75.9 cm³/mol. The zero-order valence-electron chi connectivity index (χ0n) is 11.3. The van der Waals surface area contributed by atoms with E-state index in [0.29, 0.717) is 4.96 Å². The highest BCUT2D eigenvalue weighted by atomic mass is 32.1. The molecule has 0 N–H and O–H groups in total. The van der Waals surface area contributed by atoms with Crippen LogP contribution in [0.1, 0.15) is 23.5 Å². The van der Waals surface area contributed by atoms with Crippen molar-refractivity contribution in [3.8, 4) is 0 Å². The number of rotatable bonds is 3. The van der Waals surface area contributed by atoms with Gasteiger partial charge in [0.25, 0.3) is 5.56 Å². The van der Waals surface area contributed by atoms with E-state index >= 15 is 0 Å². The summed E-state index contributed by atoms with van der Waals surface area (Å²) in [5.74, 6) is 0.202. The minimum Gasteiger partial charge on any atom is -0.303 e. The molecule has 6 nitrogen and oxygen atoms in total. The Bertz CT molecular complexity index is 685. The van der Waals surface area contributed by atoms with Crippen LogP contribution >= 0.6 is 11.3 Å². The largest absolute Gasteiger partial charge is 0.303 e. The minimum atomic E-state index is -0.130. The number of aldehydes is 1. The topological polar surface area (TPSA) is 67.6 Å². The van der Waals surface area contributed by atoms with E-state index in [2.05, 4.69) is 15.0 Å². The van der Waals surface area contributed by atoms with Crippen molar-refractivity contribution in [2.24, 2.45) is 5.92 Å². The lowest BCUT2D eigenvalue weighted by molar-refractivity contribution is -0.112. The van der Waals surface area contributed by atoms with Crippen LogP contribution in [-0.2, 0) is 11.3 Å². The van der Waals surface area contributed by atoms with E-state index in [1.807, 2.05) is 6.92 Å². The Morgan fingerprint density at radius 3 is 2.90 bits per heavy atom. The molecule has 0 amide bonds. The Balaban J connectivity index is 1.77. The molecule has 3 heterocycles. The molecule has 2 aromatic rings. The fourth-order valence-corrected chi connectivity index (χ4v) is 3.45. The van der Waals surface area contributed by atoms with E-state index in [4.69, 9.17) is 0 Å². The van der Waals surface area contributed by atoms with Gasteiger partial charge in [-0.2, -0.15) is 9.61 Å². The summed E-state index contributed by atoms with van der Waals surface area (Å²) in [5.41, 5.74) is 0.590. The number of aromatic nitrogens is 3. The number of fused-ring (bicyclic) bond motifs is 1. The standard InChI is InChI=1S/C13H16N4O2S/c1-9-6-12(19)17-13(14-9)20-11(15-17)7-16-4-2-10(8-18)3-5-16/h6,8,10H,2-5,7H2,1H3. The molecule has 1 fully saturated rings. The Kier molecular flexibility index (Phi) is 3.62. The highest BCUT2D eigenvalue weighted by Crippen LogP contribution is 2.19. The third-order valence-electron chi connectivity index (χ3n) is 3.60. The van der Waals surface area contributed by atoms with Crippen molar-refractivity contribution in [1.82, 2.24) is 19.5 Å². The van der Waals surface area contributed by atoms with Crippen LogP contribution in [-0.4, -0.2) is 38.9 Å². The molecule has 0 aliphatic carbocycles. The highest BCUT2D eigenvalue weighted by molar-refractivity contribution is 7.16. The second-order valence-corrected chi connectivity index (χ2v) is 6.22. The molecule has 7 heteroatoms. The Labute approximate surface area is 120 Å². The van der Waals surface area contributed by atoms with E-state index < -0.39 is 0 Å². The van der Waals surface area contributed by atoms with Gasteiger partial charge in [-0.05, 0) is 32.9 Å². The van der Waals surface area contributed by atoms with Crippen LogP contribution in [0, 0.1) is 12.8 Å². The molecule has 2 aromatic heterocycles. The van der Waals surface area contributed by atoms with Gasteiger partial charge in [0.15, 0.2) is 0 Å². The van der Waals surface area contributed by atoms with Crippen LogP contribution < -0.4 is 5.56 Å². The summed E-state index contributed by atoms with van der Waals surface area (Å²) < 4.78 is 1.37. The molecule has 0 spiro atoms. The summed E-state index contributed by atoms with van der Waals surface area (Å²) >= 11 is 1.46. The summed E-state index contributed by atoms with van der Waals surface area (Å²) in [5, 5.41) is 5.23. The molecular weight excluding hydrogens is 276 g/mol. The molecular formula is C13H16N4O2S. The van der Waals surface area contributed by atoms with E-state index in [0.717, 1.165) is 49.5 Å². The Morgan fingerprint density at radius 2 is 2.20 bits per heavy atom. The number of piperidine rings is 1. The Hall–Kier alpha value is -1.60. The molecule has 1 aliphatic rings. The zero-order chi connectivity index (χ0) is 14.1. The van der Waals surface area contributed by atoms with Gasteiger partial charge in [-0.1, -0.05) is 11.3 Å². The molecule has 20 heavy (non-hydrogen) atoms. The third-order valence-corrected chi connectivity index (χ3v) is 4.49. The molecule has 3 rings (SSSR count). The maximum Gasteiger partial charge on any atom is 0.275 e. The van der Waals surface area contributed by atoms with Crippen LogP contribution in [0.4, 0.5) is 0 Å². The number of aryl methyl sites for hydroxylation is 1. The smallest absolute Gasteiger partial charge is 0.275 e. The molecule has 0 bridgehead atoms. The van der Waals surface area contributed by atoms with E-state index in [1.165, 1.54) is 21.9 Å². The van der Waals surface area contributed by atoms with Gasteiger partial charge in [-0.3, -0.25) is 9.69 Å². The number of carbonyl (C=O) groups is 1. The summed E-state index contributed by atoms with van der Waals surface area (Å²) in [6.07, 6.45) is 2.87. The van der Waals surface area contributed by atoms with Crippen molar-refractivity contribution >= 4 is 22.6 Å². The van der Waals surface area contributed by atoms with Gasteiger partial charge in [-0.25, -0.2) is 4.98 Å². The summed E-state index contributed by atoms with van der Waals surface area (Å²) in [7, 11) is 0. The maximum atomic E-state index is 11.8. The second-order valence-electron chi connectivity index (χ2n) is 5.18. The van der Waals surface area contributed by atoms with Gasteiger partial charge in [0.2, 0.25) is 4.96 Å². The normalized spacial score (nSPS) is 17.6. The highest BCUT2D eigenvalue weighted by Gasteiger charge is 2.20. The van der Waals surface area contributed by atoms with Crippen molar-refractivity contribution < 1.29 is 4.79 Å². The molecule has 0 atom stereocenters. The van der Waals surface area contributed by atoms with Crippen LogP contribution in [0.5, 0.6) is 0 Å². The quantitative estimate of drug-likeness (QED) is 0.785. The van der Waals surface area contributed by atoms with Gasteiger partial charge in [-0.15, -0.1) is 0 Å². The van der Waals surface area contributed by atoms with Crippen molar-refractivity contribution in [3.63, 3.8) is 0 Å². The molecule has 1 saturated heterocycles. The number of nitrogens with zero attached hydrogens (tertiary/aromatic N) is 4. The average molecular weight is 292 g/mol. The number of likely N-dealkylation sites (tertiary alicyclic amines) is 1. The fourth-order valence-electron chi connectivity index (χ4n) is 2.46. The lowest BCUT2D eigenvalue weighted by atomic mass is 9.99. The van der Waals surface area contributed by atoms with E-state index in [-0.39, 0.29) is 11.5 Å². The molecule has 0 unspecified atom stereocenters. The van der Waals surface area contributed by atoms with Gasteiger partial charge < -0.3 is 4.79 Å². The monoisotopic (exact) mass is 292 g/mol. The molecule has 0 saturated carbocycles. The number of carbonyl (C=O) groups excluding carboxylic acids is 1. The first kappa shape index (κ1) is 13.4. The van der Waals surface area contributed by atoms with Gasteiger partial charge in [0, 0.05) is 17.7 Å². The number of hydrogen-bond acceptors (Lipinski definition) is 6. The summed E-state index contributed by atoms with van der Waals surface area (Å²) in [4.78, 5) is 29.8. The molecule has 0 radical (unpaired) electrons. The van der Waals surface area contributed by atoms with Crippen molar-refractivity contribution in [1.29, 1.82) is 0 Å². The van der Waals surface area contributed by atoms with Crippen LogP contribution in [0.15, 0.2) is 10.9 Å².